The van der Waals surface area contributed by atoms with E-state index in [1.807, 2.05) is 30.0 Å². The molecule has 0 aliphatic carbocycles. The van der Waals surface area contributed by atoms with E-state index in [-0.39, 0.29) is 5.91 Å². The minimum Gasteiger partial charge on any atom is -0.339 e. The summed E-state index contributed by atoms with van der Waals surface area (Å²) in [6.07, 6.45) is 5.20. The molecule has 1 aliphatic heterocycles. The van der Waals surface area contributed by atoms with Crippen molar-refractivity contribution < 1.29 is 4.79 Å². The number of likely N-dealkylation sites (tertiary alicyclic amines) is 1. The monoisotopic (exact) mass is 316 g/mol. The minimum absolute atomic E-state index is 0.0464. The number of hydrogen-bond acceptors (Lipinski definition) is 4. The molecule has 5 nitrogen and oxygen atoms in total. The lowest BCUT2D eigenvalue weighted by atomic mass is 10.2. The Morgan fingerprint density at radius 2 is 2.00 bits per heavy atom. The smallest absolute Gasteiger partial charge is 0.274 e. The highest BCUT2D eigenvalue weighted by atomic mass is 35.5. The van der Waals surface area contributed by atoms with Gasteiger partial charge < -0.3 is 10.2 Å². The van der Waals surface area contributed by atoms with Gasteiger partial charge in [-0.05, 0) is 37.5 Å². The summed E-state index contributed by atoms with van der Waals surface area (Å²) in [6, 6.07) is 5.69. The Bertz CT molecular complexity index is 681. The number of carbonyl (C=O) groups is 1. The first-order valence-corrected chi connectivity index (χ1v) is 7.66. The molecule has 2 heterocycles. The third-order valence-corrected chi connectivity index (χ3v) is 4.12. The van der Waals surface area contributed by atoms with E-state index in [9.17, 15) is 4.79 Å². The van der Waals surface area contributed by atoms with Crippen LogP contribution in [0.1, 0.15) is 28.9 Å². The summed E-state index contributed by atoms with van der Waals surface area (Å²) < 4.78 is 0. The zero-order valence-electron chi connectivity index (χ0n) is 12.3. The van der Waals surface area contributed by atoms with Crippen LogP contribution in [0.15, 0.2) is 30.6 Å². The molecule has 1 aromatic carbocycles. The van der Waals surface area contributed by atoms with Crippen molar-refractivity contribution in [2.75, 3.05) is 18.4 Å². The number of aryl methyl sites for hydroxylation is 1. The summed E-state index contributed by atoms with van der Waals surface area (Å²) in [4.78, 5) is 22.5. The van der Waals surface area contributed by atoms with E-state index in [4.69, 9.17) is 11.6 Å². The fourth-order valence-corrected chi connectivity index (χ4v) is 2.58. The second kappa shape index (κ2) is 6.32. The lowest BCUT2D eigenvalue weighted by Crippen LogP contribution is -2.28. The van der Waals surface area contributed by atoms with Crippen molar-refractivity contribution in [1.29, 1.82) is 0 Å². The molecule has 114 valence electrons. The van der Waals surface area contributed by atoms with E-state index >= 15 is 0 Å². The molecule has 1 saturated heterocycles. The van der Waals surface area contributed by atoms with Gasteiger partial charge in [0.2, 0.25) is 0 Å². The van der Waals surface area contributed by atoms with E-state index in [1.54, 1.807) is 6.20 Å². The molecule has 0 radical (unpaired) electrons. The van der Waals surface area contributed by atoms with Crippen molar-refractivity contribution in [3.8, 4) is 0 Å². The molecule has 0 unspecified atom stereocenters. The van der Waals surface area contributed by atoms with Gasteiger partial charge in [0, 0.05) is 23.8 Å². The molecular weight excluding hydrogens is 300 g/mol. The summed E-state index contributed by atoms with van der Waals surface area (Å²) >= 11 is 6.09. The Labute approximate surface area is 134 Å². The number of nitrogens with one attached hydrogen (secondary N) is 1. The molecule has 1 N–H and O–H groups in total. The van der Waals surface area contributed by atoms with Crippen molar-refractivity contribution in [3.05, 3.63) is 46.9 Å². The van der Waals surface area contributed by atoms with E-state index < -0.39 is 0 Å². The maximum Gasteiger partial charge on any atom is 0.274 e. The molecule has 22 heavy (non-hydrogen) atoms. The van der Waals surface area contributed by atoms with Gasteiger partial charge in [-0.15, -0.1) is 0 Å². The average molecular weight is 317 g/mol. The van der Waals surface area contributed by atoms with Crippen LogP contribution in [-0.2, 0) is 0 Å². The number of aromatic nitrogens is 2. The predicted octanol–water partition coefficient (Wildman–Crippen LogP) is 3.42. The van der Waals surface area contributed by atoms with Gasteiger partial charge in [-0.1, -0.05) is 17.7 Å². The Morgan fingerprint density at radius 1 is 1.23 bits per heavy atom. The number of hydrogen-bond donors (Lipinski definition) is 1. The Balaban J connectivity index is 1.70. The van der Waals surface area contributed by atoms with Gasteiger partial charge in [-0.3, -0.25) is 4.79 Å². The zero-order chi connectivity index (χ0) is 15.5. The minimum atomic E-state index is -0.0464. The Kier molecular flexibility index (Phi) is 4.24. The van der Waals surface area contributed by atoms with Gasteiger partial charge in [0.1, 0.15) is 11.5 Å². The summed E-state index contributed by atoms with van der Waals surface area (Å²) in [5.74, 6) is 0.535. The Morgan fingerprint density at radius 3 is 2.64 bits per heavy atom. The molecule has 1 aliphatic rings. The Hall–Kier alpha value is -2.14. The number of rotatable bonds is 3. The highest BCUT2D eigenvalue weighted by Gasteiger charge is 2.20. The van der Waals surface area contributed by atoms with Gasteiger partial charge in [0.05, 0.1) is 12.4 Å². The van der Waals surface area contributed by atoms with Crippen molar-refractivity contribution in [2.45, 2.75) is 19.8 Å². The lowest BCUT2D eigenvalue weighted by Gasteiger charge is -2.14. The van der Waals surface area contributed by atoms with Crippen LogP contribution >= 0.6 is 11.6 Å². The van der Waals surface area contributed by atoms with Gasteiger partial charge >= 0.3 is 0 Å². The summed E-state index contributed by atoms with van der Waals surface area (Å²) in [5.41, 5.74) is 2.24. The zero-order valence-corrected chi connectivity index (χ0v) is 13.1. The molecule has 1 aromatic heterocycles. The van der Waals surface area contributed by atoms with Crippen LogP contribution in [0.3, 0.4) is 0 Å². The van der Waals surface area contributed by atoms with E-state index in [0.29, 0.717) is 16.5 Å². The van der Waals surface area contributed by atoms with Crippen LogP contribution in [0.2, 0.25) is 5.02 Å². The van der Waals surface area contributed by atoms with E-state index in [2.05, 4.69) is 15.3 Å². The largest absolute Gasteiger partial charge is 0.339 e. The molecule has 3 rings (SSSR count). The molecular formula is C16H17ClN4O. The van der Waals surface area contributed by atoms with Crippen LogP contribution in [0.5, 0.6) is 0 Å². The molecule has 6 heteroatoms. The second-order valence-corrected chi connectivity index (χ2v) is 5.78. The van der Waals surface area contributed by atoms with Gasteiger partial charge in [0.15, 0.2) is 0 Å². The average Bonchev–Trinajstić information content (AvgIpc) is 3.05. The number of anilines is 2. The highest BCUT2D eigenvalue weighted by molar-refractivity contribution is 6.31. The third kappa shape index (κ3) is 3.20. The fraction of sp³-hybridized carbons (Fsp3) is 0.312. The first-order valence-electron chi connectivity index (χ1n) is 7.28. The standard InChI is InChI=1S/C16H17ClN4O/c1-11-4-5-12(8-13(11)17)20-15-10-18-14(9-19-15)16(22)21-6-2-3-7-21/h4-5,8-10H,2-3,6-7H2,1H3,(H,19,20). The number of nitrogens with zero attached hydrogens (tertiary/aromatic N) is 3. The molecule has 0 saturated carbocycles. The number of carbonyl (C=O) groups excluding carboxylic acids is 1. The highest BCUT2D eigenvalue weighted by Crippen LogP contribution is 2.22. The number of halogens is 1. The molecule has 0 atom stereocenters. The second-order valence-electron chi connectivity index (χ2n) is 5.38. The number of amides is 1. The van der Waals surface area contributed by atoms with Gasteiger partial charge in [-0.25, -0.2) is 9.97 Å². The summed E-state index contributed by atoms with van der Waals surface area (Å²) in [7, 11) is 0. The molecule has 0 bridgehead atoms. The van der Waals surface area contributed by atoms with Crippen molar-refractivity contribution in [3.63, 3.8) is 0 Å². The predicted molar refractivity (Wildman–Crippen MR) is 86.6 cm³/mol. The molecule has 1 amide bonds. The van der Waals surface area contributed by atoms with Crippen molar-refractivity contribution >= 4 is 29.0 Å². The number of benzene rings is 1. The summed E-state index contributed by atoms with van der Waals surface area (Å²) in [5, 5.41) is 3.82. The van der Waals surface area contributed by atoms with Gasteiger partial charge in [0.25, 0.3) is 5.91 Å². The first-order chi connectivity index (χ1) is 10.6. The maximum atomic E-state index is 12.2. The van der Waals surface area contributed by atoms with Crippen molar-refractivity contribution in [1.82, 2.24) is 14.9 Å². The normalized spacial score (nSPS) is 14.2. The van der Waals surface area contributed by atoms with Crippen molar-refractivity contribution in [2.24, 2.45) is 0 Å². The SMILES string of the molecule is Cc1ccc(Nc2cnc(C(=O)N3CCCC3)cn2)cc1Cl. The van der Waals surface area contributed by atoms with E-state index in [0.717, 1.165) is 37.2 Å². The third-order valence-electron chi connectivity index (χ3n) is 3.71. The first kappa shape index (κ1) is 14.8. The van der Waals surface area contributed by atoms with Crippen LogP contribution < -0.4 is 5.32 Å². The topological polar surface area (TPSA) is 58.1 Å². The lowest BCUT2D eigenvalue weighted by molar-refractivity contribution is 0.0786. The van der Waals surface area contributed by atoms with Crippen LogP contribution in [0.25, 0.3) is 0 Å². The van der Waals surface area contributed by atoms with E-state index in [1.165, 1.54) is 6.20 Å². The quantitative estimate of drug-likeness (QED) is 0.942. The van der Waals surface area contributed by atoms with Gasteiger partial charge in [-0.2, -0.15) is 0 Å². The molecule has 0 spiro atoms. The van der Waals surface area contributed by atoms with Crippen LogP contribution in [0.4, 0.5) is 11.5 Å². The maximum absolute atomic E-state index is 12.2. The molecule has 2 aromatic rings. The molecule has 1 fully saturated rings. The van der Waals surface area contributed by atoms with Crippen LogP contribution in [0, 0.1) is 6.92 Å². The summed E-state index contributed by atoms with van der Waals surface area (Å²) in [6.45, 7) is 3.56. The fourth-order valence-electron chi connectivity index (χ4n) is 2.40. The van der Waals surface area contributed by atoms with Crippen LogP contribution in [-0.4, -0.2) is 33.9 Å².